The molecule has 1 aliphatic rings. The number of hydrogen-bond acceptors (Lipinski definition) is 4. The van der Waals surface area contributed by atoms with Crippen LogP contribution in [0.3, 0.4) is 0 Å². The predicted molar refractivity (Wildman–Crippen MR) is 47.0 cm³/mol. The number of aliphatic carboxylic acids is 1. The molecule has 0 aromatic rings. The Labute approximate surface area is 76.8 Å². The van der Waals surface area contributed by atoms with Crippen molar-refractivity contribution in [2.24, 2.45) is 11.7 Å². The lowest BCUT2D eigenvalue weighted by Gasteiger charge is -2.10. The standard InChI is InChI=1S/C7H13NO4S/c8-6-4-13(11,12)3-5(6)1-2-7(9)10/h5-6H,1-4,8H2,(H,9,10)/t5-,6-/m0/s1. The van der Waals surface area contributed by atoms with Crippen LogP contribution in [0.5, 0.6) is 0 Å². The van der Waals surface area contributed by atoms with Crippen LogP contribution in [0.1, 0.15) is 12.8 Å². The molecule has 0 bridgehead atoms. The Morgan fingerprint density at radius 3 is 2.46 bits per heavy atom. The Hall–Kier alpha value is -0.620. The van der Waals surface area contributed by atoms with Gasteiger partial charge < -0.3 is 10.8 Å². The van der Waals surface area contributed by atoms with Gasteiger partial charge in [0.25, 0.3) is 0 Å². The molecular formula is C7H13NO4S. The zero-order valence-electron chi connectivity index (χ0n) is 7.14. The van der Waals surface area contributed by atoms with E-state index in [1.807, 2.05) is 0 Å². The van der Waals surface area contributed by atoms with E-state index in [9.17, 15) is 13.2 Å². The molecule has 0 radical (unpaired) electrons. The van der Waals surface area contributed by atoms with Crippen molar-refractivity contribution in [3.8, 4) is 0 Å². The molecule has 0 aromatic carbocycles. The molecule has 6 heteroatoms. The fraction of sp³-hybridized carbons (Fsp3) is 0.857. The molecule has 0 aliphatic carbocycles. The van der Waals surface area contributed by atoms with Gasteiger partial charge in [-0.25, -0.2) is 8.42 Å². The molecule has 1 heterocycles. The lowest BCUT2D eigenvalue weighted by molar-refractivity contribution is -0.137. The van der Waals surface area contributed by atoms with Crippen LogP contribution in [0.2, 0.25) is 0 Å². The van der Waals surface area contributed by atoms with Crippen molar-refractivity contribution in [3.63, 3.8) is 0 Å². The van der Waals surface area contributed by atoms with Crippen molar-refractivity contribution >= 4 is 15.8 Å². The maximum Gasteiger partial charge on any atom is 0.303 e. The molecule has 0 unspecified atom stereocenters. The van der Waals surface area contributed by atoms with E-state index in [1.54, 1.807) is 0 Å². The molecule has 1 fully saturated rings. The smallest absolute Gasteiger partial charge is 0.303 e. The van der Waals surface area contributed by atoms with Crippen LogP contribution in [0.4, 0.5) is 0 Å². The molecule has 0 spiro atoms. The summed E-state index contributed by atoms with van der Waals surface area (Å²) < 4.78 is 22.1. The number of sulfone groups is 1. The first kappa shape index (κ1) is 10.5. The molecule has 2 atom stereocenters. The van der Waals surface area contributed by atoms with Crippen LogP contribution in [0, 0.1) is 5.92 Å². The van der Waals surface area contributed by atoms with Crippen molar-refractivity contribution in [2.75, 3.05) is 11.5 Å². The van der Waals surface area contributed by atoms with Gasteiger partial charge in [0.2, 0.25) is 0 Å². The third-order valence-electron chi connectivity index (χ3n) is 2.25. The summed E-state index contributed by atoms with van der Waals surface area (Å²) >= 11 is 0. The van der Waals surface area contributed by atoms with Gasteiger partial charge in [0.15, 0.2) is 9.84 Å². The Bertz CT molecular complexity index is 298. The van der Waals surface area contributed by atoms with Crippen LogP contribution in [-0.4, -0.2) is 37.0 Å². The van der Waals surface area contributed by atoms with Gasteiger partial charge in [0.05, 0.1) is 11.5 Å². The van der Waals surface area contributed by atoms with E-state index in [4.69, 9.17) is 10.8 Å². The minimum atomic E-state index is -3.01. The molecule has 3 N–H and O–H groups in total. The van der Waals surface area contributed by atoms with Gasteiger partial charge in [-0.2, -0.15) is 0 Å². The van der Waals surface area contributed by atoms with E-state index in [0.717, 1.165) is 0 Å². The van der Waals surface area contributed by atoms with E-state index < -0.39 is 15.8 Å². The van der Waals surface area contributed by atoms with Gasteiger partial charge in [-0.1, -0.05) is 0 Å². The Morgan fingerprint density at radius 1 is 1.46 bits per heavy atom. The van der Waals surface area contributed by atoms with Gasteiger partial charge in [0, 0.05) is 12.5 Å². The summed E-state index contributed by atoms with van der Waals surface area (Å²) in [6.07, 6.45) is 0.351. The fourth-order valence-corrected chi connectivity index (χ4v) is 3.61. The molecule has 5 nitrogen and oxygen atoms in total. The highest BCUT2D eigenvalue weighted by Gasteiger charge is 2.34. The number of carboxylic acids is 1. The summed E-state index contributed by atoms with van der Waals surface area (Å²) in [5.74, 6) is -1.05. The second-order valence-electron chi connectivity index (χ2n) is 3.43. The second-order valence-corrected chi connectivity index (χ2v) is 5.59. The third kappa shape index (κ3) is 2.96. The molecule has 0 amide bonds. The lowest BCUT2D eigenvalue weighted by atomic mass is 9.99. The van der Waals surface area contributed by atoms with E-state index in [1.165, 1.54) is 0 Å². The van der Waals surface area contributed by atoms with Crippen molar-refractivity contribution in [1.29, 1.82) is 0 Å². The third-order valence-corrected chi connectivity index (χ3v) is 4.08. The molecule has 0 saturated carbocycles. The average Bonchev–Trinajstić information content (AvgIpc) is 2.20. The summed E-state index contributed by atoms with van der Waals surface area (Å²) in [5, 5.41) is 8.40. The highest BCUT2D eigenvalue weighted by atomic mass is 32.2. The fourth-order valence-electron chi connectivity index (χ4n) is 1.55. The summed E-state index contributed by atoms with van der Waals surface area (Å²) in [7, 11) is -3.01. The molecular weight excluding hydrogens is 194 g/mol. The zero-order valence-corrected chi connectivity index (χ0v) is 7.96. The molecule has 1 rings (SSSR count). The summed E-state index contributed by atoms with van der Waals surface area (Å²) in [6, 6.07) is -0.385. The second kappa shape index (κ2) is 3.63. The van der Waals surface area contributed by atoms with E-state index in [0.29, 0.717) is 6.42 Å². The molecule has 13 heavy (non-hydrogen) atoms. The molecule has 1 aliphatic heterocycles. The van der Waals surface area contributed by atoms with Gasteiger partial charge in [0.1, 0.15) is 0 Å². The maximum absolute atomic E-state index is 11.1. The zero-order chi connectivity index (χ0) is 10.1. The van der Waals surface area contributed by atoms with Gasteiger partial charge in [-0.15, -0.1) is 0 Å². The summed E-state index contributed by atoms with van der Waals surface area (Å²) in [6.45, 7) is 0. The predicted octanol–water partition coefficient (Wildman–Crippen LogP) is -0.777. The highest BCUT2D eigenvalue weighted by molar-refractivity contribution is 7.91. The van der Waals surface area contributed by atoms with E-state index in [2.05, 4.69) is 0 Å². The topological polar surface area (TPSA) is 97.5 Å². The van der Waals surface area contributed by atoms with Gasteiger partial charge in [-0.3, -0.25) is 4.79 Å². The highest BCUT2D eigenvalue weighted by Crippen LogP contribution is 2.21. The monoisotopic (exact) mass is 207 g/mol. The number of rotatable bonds is 3. The van der Waals surface area contributed by atoms with Crippen LogP contribution in [-0.2, 0) is 14.6 Å². The SMILES string of the molecule is N[C@H]1CS(=O)(=O)C[C@@H]1CCC(=O)O. The summed E-state index contributed by atoms with van der Waals surface area (Å²) in [5.41, 5.74) is 5.57. The molecule has 76 valence electrons. The molecule has 0 aromatic heterocycles. The Balaban J connectivity index is 2.49. The van der Waals surface area contributed by atoms with E-state index in [-0.39, 0.29) is 29.9 Å². The first-order valence-electron chi connectivity index (χ1n) is 4.08. The first-order valence-corrected chi connectivity index (χ1v) is 5.90. The minimum Gasteiger partial charge on any atom is -0.481 e. The van der Waals surface area contributed by atoms with Crippen LogP contribution < -0.4 is 5.73 Å². The summed E-state index contributed by atoms with van der Waals surface area (Å²) in [4.78, 5) is 10.2. The Morgan fingerprint density at radius 2 is 2.08 bits per heavy atom. The maximum atomic E-state index is 11.1. The van der Waals surface area contributed by atoms with Crippen LogP contribution in [0.15, 0.2) is 0 Å². The number of nitrogens with two attached hydrogens (primary N) is 1. The van der Waals surface area contributed by atoms with Gasteiger partial charge in [-0.05, 0) is 12.3 Å². The van der Waals surface area contributed by atoms with Gasteiger partial charge >= 0.3 is 5.97 Å². The van der Waals surface area contributed by atoms with Crippen LogP contribution in [0.25, 0.3) is 0 Å². The minimum absolute atomic E-state index is 0.00269. The Kier molecular flexibility index (Phi) is 2.92. The van der Waals surface area contributed by atoms with Crippen molar-refractivity contribution < 1.29 is 18.3 Å². The van der Waals surface area contributed by atoms with Crippen molar-refractivity contribution in [1.82, 2.24) is 0 Å². The quantitative estimate of drug-likeness (QED) is 0.633. The number of hydrogen-bond donors (Lipinski definition) is 2. The average molecular weight is 207 g/mol. The normalized spacial score (nSPS) is 31.8. The van der Waals surface area contributed by atoms with Crippen LogP contribution >= 0.6 is 0 Å². The largest absolute Gasteiger partial charge is 0.481 e. The first-order chi connectivity index (χ1) is 5.91. The van der Waals surface area contributed by atoms with Crippen molar-refractivity contribution in [3.05, 3.63) is 0 Å². The van der Waals surface area contributed by atoms with E-state index >= 15 is 0 Å². The molecule has 1 saturated heterocycles. The number of carboxylic acid groups (broad SMARTS) is 1. The number of carbonyl (C=O) groups is 1. The van der Waals surface area contributed by atoms with Crippen molar-refractivity contribution in [2.45, 2.75) is 18.9 Å². The lowest BCUT2D eigenvalue weighted by Crippen LogP contribution is -2.28.